The fourth-order valence-electron chi connectivity index (χ4n) is 1.05. The first-order chi connectivity index (χ1) is 8.06. The number of aliphatic hydroxyl groups is 1. The Labute approximate surface area is 110 Å². The highest BCUT2D eigenvalue weighted by molar-refractivity contribution is 7.99. The number of hydrogen-bond acceptors (Lipinski definition) is 6. The lowest BCUT2D eigenvalue weighted by Crippen LogP contribution is -2.25. The molecule has 0 bridgehead atoms. The summed E-state index contributed by atoms with van der Waals surface area (Å²) >= 11 is 2.78. The standard InChI is InChI=1S/C9H16N2O3S3/c1-8-10-7-9(16-8)17(13,14)11-3-6-15-5-2-4-12/h7,11-12H,2-6H2,1H3. The lowest BCUT2D eigenvalue weighted by molar-refractivity contribution is 0.296. The molecule has 0 aliphatic carbocycles. The minimum absolute atomic E-state index is 0.179. The number of rotatable bonds is 8. The molecule has 1 rings (SSSR count). The normalized spacial score (nSPS) is 11.9. The molecule has 0 fully saturated rings. The quantitative estimate of drug-likeness (QED) is 0.695. The molecular formula is C9H16N2O3S3. The fraction of sp³-hybridized carbons (Fsp3) is 0.667. The van der Waals surface area contributed by atoms with Gasteiger partial charge in [-0.25, -0.2) is 18.1 Å². The lowest BCUT2D eigenvalue weighted by atomic mass is 10.5. The Hall–Kier alpha value is -0.150. The molecular weight excluding hydrogens is 280 g/mol. The number of nitrogens with one attached hydrogen (secondary N) is 1. The number of thioether (sulfide) groups is 1. The smallest absolute Gasteiger partial charge is 0.251 e. The Morgan fingerprint density at radius 2 is 2.29 bits per heavy atom. The highest BCUT2D eigenvalue weighted by Gasteiger charge is 2.15. The van der Waals surface area contributed by atoms with E-state index >= 15 is 0 Å². The maximum atomic E-state index is 11.7. The molecule has 1 aromatic rings. The van der Waals surface area contributed by atoms with Crippen LogP contribution in [0.5, 0.6) is 0 Å². The molecule has 0 aliphatic heterocycles. The lowest BCUT2D eigenvalue weighted by Gasteiger charge is -2.03. The van der Waals surface area contributed by atoms with Crippen molar-refractivity contribution in [3.05, 3.63) is 11.2 Å². The van der Waals surface area contributed by atoms with Crippen LogP contribution in [0.2, 0.25) is 0 Å². The van der Waals surface area contributed by atoms with Crippen LogP contribution >= 0.6 is 23.1 Å². The van der Waals surface area contributed by atoms with Crippen LogP contribution in [0.15, 0.2) is 10.4 Å². The summed E-state index contributed by atoms with van der Waals surface area (Å²) < 4.78 is 26.3. The SMILES string of the molecule is Cc1ncc(S(=O)(=O)NCCSCCCO)s1. The molecule has 1 heterocycles. The maximum Gasteiger partial charge on any atom is 0.251 e. The van der Waals surface area contributed by atoms with Crippen molar-refractivity contribution in [1.29, 1.82) is 0 Å². The second-order valence-electron chi connectivity index (χ2n) is 3.29. The third-order valence-electron chi connectivity index (χ3n) is 1.85. The highest BCUT2D eigenvalue weighted by Crippen LogP contribution is 2.17. The number of sulfonamides is 1. The van der Waals surface area contributed by atoms with Crippen LogP contribution in [-0.2, 0) is 10.0 Å². The number of aromatic nitrogens is 1. The van der Waals surface area contributed by atoms with Crippen molar-refractivity contribution in [2.75, 3.05) is 24.7 Å². The molecule has 0 aliphatic rings. The monoisotopic (exact) mass is 296 g/mol. The zero-order valence-corrected chi connectivity index (χ0v) is 12.0. The molecule has 2 N–H and O–H groups in total. The van der Waals surface area contributed by atoms with Crippen LogP contribution in [-0.4, -0.2) is 43.2 Å². The highest BCUT2D eigenvalue weighted by atomic mass is 32.2. The van der Waals surface area contributed by atoms with E-state index in [0.717, 1.165) is 17.2 Å². The number of hydrogen-bond donors (Lipinski definition) is 2. The van der Waals surface area contributed by atoms with Gasteiger partial charge in [-0.05, 0) is 19.1 Å². The fourth-order valence-corrected chi connectivity index (χ4v) is 4.15. The summed E-state index contributed by atoms with van der Waals surface area (Å²) in [6, 6.07) is 0. The predicted octanol–water partition coefficient (Wildman–Crippen LogP) is 0.845. The first-order valence-electron chi connectivity index (χ1n) is 5.17. The average molecular weight is 296 g/mol. The van der Waals surface area contributed by atoms with Gasteiger partial charge in [0.05, 0.1) is 11.2 Å². The summed E-state index contributed by atoms with van der Waals surface area (Å²) in [5.41, 5.74) is 0. The zero-order valence-electron chi connectivity index (χ0n) is 9.55. The summed E-state index contributed by atoms with van der Waals surface area (Å²) in [4.78, 5) is 3.92. The largest absolute Gasteiger partial charge is 0.396 e. The van der Waals surface area contributed by atoms with E-state index in [4.69, 9.17) is 5.11 Å². The van der Waals surface area contributed by atoms with Crippen LogP contribution in [0.4, 0.5) is 0 Å². The summed E-state index contributed by atoms with van der Waals surface area (Å²) in [5, 5.41) is 9.31. The zero-order chi connectivity index (χ0) is 12.7. The molecule has 8 heteroatoms. The summed E-state index contributed by atoms with van der Waals surface area (Å²) in [5.74, 6) is 1.55. The van der Waals surface area contributed by atoms with Gasteiger partial charge < -0.3 is 5.11 Å². The summed E-state index contributed by atoms with van der Waals surface area (Å²) in [6.07, 6.45) is 2.12. The van der Waals surface area contributed by atoms with Crippen LogP contribution in [0.3, 0.4) is 0 Å². The Balaban J connectivity index is 2.31. The molecule has 17 heavy (non-hydrogen) atoms. The molecule has 5 nitrogen and oxygen atoms in total. The second kappa shape index (κ2) is 7.32. The van der Waals surface area contributed by atoms with E-state index in [2.05, 4.69) is 9.71 Å². The topological polar surface area (TPSA) is 79.3 Å². The molecule has 0 atom stereocenters. The van der Waals surface area contributed by atoms with E-state index in [1.807, 2.05) is 0 Å². The molecule has 0 unspecified atom stereocenters. The molecule has 0 spiro atoms. The van der Waals surface area contributed by atoms with Crippen molar-refractivity contribution < 1.29 is 13.5 Å². The Morgan fingerprint density at radius 3 is 2.88 bits per heavy atom. The van der Waals surface area contributed by atoms with E-state index in [1.165, 1.54) is 17.5 Å². The van der Waals surface area contributed by atoms with E-state index in [-0.39, 0.29) is 10.8 Å². The van der Waals surface area contributed by atoms with Crippen LogP contribution in [0.1, 0.15) is 11.4 Å². The number of thiazole rings is 1. The Kier molecular flexibility index (Phi) is 6.42. The number of aliphatic hydroxyl groups excluding tert-OH is 1. The molecule has 98 valence electrons. The van der Waals surface area contributed by atoms with E-state index in [1.54, 1.807) is 18.7 Å². The third kappa shape index (κ3) is 5.35. The Morgan fingerprint density at radius 1 is 1.53 bits per heavy atom. The first-order valence-corrected chi connectivity index (χ1v) is 8.62. The van der Waals surface area contributed by atoms with Gasteiger partial charge in [-0.2, -0.15) is 11.8 Å². The van der Waals surface area contributed by atoms with Gasteiger partial charge in [-0.15, -0.1) is 11.3 Å². The van der Waals surface area contributed by atoms with E-state index in [9.17, 15) is 8.42 Å². The molecule has 0 saturated carbocycles. The number of nitrogens with zero attached hydrogens (tertiary/aromatic N) is 1. The van der Waals surface area contributed by atoms with Gasteiger partial charge >= 0.3 is 0 Å². The van der Waals surface area contributed by atoms with E-state index in [0.29, 0.717) is 12.3 Å². The van der Waals surface area contributed by atoms with Crippen molar-refractivity contribution in [2.45, 2.75) is 17.6 Å². The average Bonchev–Trinajstić information content (AvgIpc) is 2.71. The van der Waals surface area contributed by atoms with Crippen LogP contribution < -0.4 is 4.72 Å². The van der Waals surface area contributed by atoms with Gasteiger partial charge in [-0.1, -0.05) is 0 Å². The molecule has 0 aromatic carbocycles. The minimum atomic E-state index is -3.39. The van der Waals surface area contributed by atoms with Crippen LogP contribution in [0, 0.1) is 6.92 Å². The molecule has 0 saturated heterocycles. The Bertz CT molecular complexity index is 430. The van der Waals surface area contributed by atoms with Crippen molar-refractivity contribution in [1.82, 2.24) is 9.71 Å². The van der Waals surface area contributed by atoms with Crippen molar-refractivity contribution in [3.8, 4) is 0 Å². The molecule has 0 radical (unpaired) electrons. The van der Waals surface area contributed by atoms with Gasteiger partial charge in [0.25, 0.3) is 10.0 Å². The van der Waals surface area contributed by atoms with Gasteiger partial charge in [-0.3, -0.25) is 0 Å². The number of aryl methyl sites for hydroxylation is 1. The van der Waals surface area contributed by atoms with Gasteiger partial charge in [0, 0.05) is 18.9 Å². The molecule has 1 aromatic heterocycles. The maximum absolute atomic E-state index is 11.7. The van der Waals surface area contributed by atoms with Gasteiger partial charge in [0.15, 0.2) is 4.21 Å². The van der Waals surface area contributed by atoms with Crippen molar-refractivity contribution >= 4 is 33.1 Å². The predicted molar refractivity (Wildman–Crippen MR) is 71.1 cm³/mol. The summed E-state index contributed by atoms with van der Waals surface area (Å²) in [6.45, 7) is 2.35. The molecule has 0 amide bonds. The van der Waals surface area contributed by atoms with Crippen molar-refractivity contribution in [3.63, 3.8) is 0 Å². The summed E-state index contributed by atoms with van der Waals surface area (Å²) in [7, 11) is -3.39. The van der Waals surface area contributed by atoms with Gasteiger partial charge in [0.1, 0.15) is 0 Å². The third-order valence-corrected chi connectivity index (χ3v) is 5.76. The van der Waals surface area contributed by atoms with Gasteiger partial charge in [0.2, 0.25) is 0 Å². The second-order valence-corrected chi connectivity index (χ2v) is 7.74. The van der Waals surface area contributed by atoms with E-state index < -0.39 is 10.0 Å². The van der Waals surface area contributed by atoms with Crippen molar-refractivity contribution in [2.24, 2.45) is 0 Å². The minimum Gasteiger partial charge on any atom is -0.396 e. The van der Waals surface area contributed by atoms with Crippen LogP contribution in [0.25, 0.3) is 0 Å². The first kappa shape index (κ1) is 14.9.